The van der Waals surface area contributed by atoms with E-state index in [0.717, 1.165) is 12.8 Å². The molecule has 118 valence electrons. The number of rotatable bonds is 12. The SMILES string of the molecule is CCCCCCCCCOC(=O)C(CC)(CC)C(=O)Cl. The van der Waals surface area contributed by atoms with Crippen LogP contribution >= 0.6 is 11.6 Å². The summed E-state index contributed by atoms with van der Waals surface area (Å²) in [6.07, 6.45) is 8.96. The molecule has 0 saturated heterocycles. The topological polar surface area (TPSA) is 43.4 Å². The third kappa shape index (κ3) is 6.25. The number of carbonyl (C=O) groups is 2. The smallest absolute Gasteiger partial charge is 0.320 e. The maximum Gasteiger partial charge on any atom is 0.320 e. The van der Waals surface area contributed by atoms with Gasteiger partial charge in [0.05, 0.1) is 6.61 Å². The first-order valence-electron chi connectivity index (χ1n) is 7.92. The number of ether oxygens (including phenoxy) is 1. The molecular weight excluding hydrogens is 276 g/mol. The molecule has 0 N–H and O–H groups in total. The Morgan fingerprint density at radius 1 is 0.900 bits per heavy atom. The van der Waals surface area contributed by atoms with Crippen molar-refractivity contribution in [3.8, 4) is 0 Å². The third-order valence-electron chi connectivity index (χ3n) is 3.96. The Morgan fingerprint density at radius 3 is 1.85 bits per heavy atom. The van der Waals surface area contributed by atoms with E-state index in [9.17, 15) is 9.59 Å². The Morgan fingerprint density at radius 2 is 1.40 bits per heavy atom. The monoisotopic (exact) mass is 304 g/mol. The van der Waals surface area contributed by atoms with E-state index in [2.05, 4.69) is 6.92 Å². The summed E-state index contributed by atoms with van der Waals surface area (Å²) in [6.45, 7) is 6.17. The summed E-state index contributed by atoms with van der Waals surface area (Å²) in [4.78, 5) is 23.5. The van der Waals surface area contributed by atoms with Crippen LogP contribution in [-0.2, 0) is 14.3 Å². The molecule has 0 spiro atoms. The summed E-state index contributed by atoms with van der Waals surface area (Å²) in [5, 5.41) is -0.605. The van der Waals surface area contributed by atoms with Crippen LogP contribution in [0.1, 0.15) is 78.6 Å². The highest BCUT2D eigenvalue weighted by atomic mass is 35.5. The largest absolute Gasteiger partial charge is 0.465 e. The number of esters is 1. The zero-order valence-electron chi connectivity index (χ0n) is 13.2. The molecule has 0 aliphatic heterocycles. The van der Waals surface area contributed by atoms with Gasteiger partial charge < -0.3 is 4.74 Å². The molecule has 3 nitrogen and oxygen atoms in total. The van der Waals surface area contributed by atoms with Crippen molar-refractivity contribution in [1.29, 1.82) is 0 Å². The standard InChI is InChI=1S/C16H29ClO3/c1-4-7-8-9-10-11-12-13-20-15(19)16(5-2,6-3)14(17)18/h4-13H2,1-3H3. The Hall–Kier alpha value is -0.570. The summed E-state index contributed by atoms with van der Waals surface area (Å²) >= 11 is 5.57. The van der Waals surface area contributed by atoms with E-state index in [4.69, 9.17) is 16.3 Å². The summed E-state index contributed by atoms with van der Waals surface area (Å²) in [5.41, 5.74) is -1.15. The van der Waals surface area contributed by atoms with Crippen molar-refractivity contribution in [2.45, 2.75) is 78.6 Å². The number of hydrogen-bond donors (Lipinski definition) is 0. The van der Waals surface area contributed by atoms with Crippen LogP contribution in [-0.4, -0.2) is 17.8 Å². The second-order valence-corrected chi connectivity index (χ2v) is 5.66. The van der Waals surface area contributed by atoms with Gasteiger partial charge in [-0.25, -0.2) is 0 Å². The minimum atomic E-state index is -1.15. The number of halogens is 1. The summed E-state index contributed by atoms with van der Waals surface area (Å²) < 4.78 is 5.23. The Labute approximate surface area is 128 Å². The Kier molecular flexibility index (Phi) is 10.8. The van der Waals surface area contributed by atoms with Crippen molar-refractivity contribution in [3.63, 3.8) is 0 Å². The summed E-state index contributed by atoms with van der Waals surface area (Å²) in [7, 11) is 0. The molecule has 0 aliphatic rings. The van der Waals surface area contributed by atoms with Crippen LogP contribution in [0.4, 0.5) is 0 Å². The van der Waals surface area contributed by atoms with Gasteiger partial charge >= 0.3 is 5.97 Å². The molecule has 0 aromatic heterocycles. The van der Waals surface area contributed by atoms with Crippen molar-refractivity contribution in [2.75, 3.05) is 6.61 Å². The minimum absolute atomic E-state index is 0.387. The van der Waals surface area contributed by atoms with Gasteiger partial charge in [-0.15, -0.1) is 0 Å². The first kappa shape index (κ1) is 19.4. The first-order chi connectivity index (χ1) is 9.55. The molecule has 0 amide bonds. The van der Waals surface area contributed by atoms with Gasteiger partial charge in [-0.1, -0.05) is 59.3 Å². The van der Waals surface area contributed by atoms with E-state index in [0.29, 0.717) is 19.4 Å². The molecule has 0 aliphatic carbocycles. The lowest BCUT2D eigenvalue weighted by molar-refractivity contribution is -0.159. The van der Waals surface area contributed by atoms with Crippen molar-refractivity contribution in [2.24, 2.45) is 5.41 Å². The second kappa shape index (κ2) is 11.1. The van der Waals surface area contributed by atoms with Crippen LogP contribution < -0.4 is 0 Å². The maximum atomic E-state index is 12.0. The third-order valence-corrected chi connectivity index (χ3v) is 4.32. The van der Waals surface area contributed by atoms with Gasteiger partial charge in [-0.2, -0.15) is 0 Å². The van der Waals surface area contributed by atoms with Crippen LogP contribution in [0.25, 0.3) is 0 Å². The minimum Gasteiger partial charge on any atom is -0.465 e. The van der Waals surface area contributed by atoms with Crippen LogP contribution in [0.2, 0.25) is 0 Å². The molecule has 4 heteroatoms. The highest BCUT2D eigenvalue weighted by molar-refractivity contribution is 6.66. The quantitative estimate of drug-likeness (QED) is 0.224. The molecule has 0 aromatic carbocycles. The van der Waals surface area contributed by atoms with Gasteiger partial charge in [0, 0.05) is 0 Å². The molecule has 0 fully saturated rings. The fourth-order valence-corrected chi connectivity index (χ4v) is 2.60. The van der Waals surface area contributed by atoms with Gasteiger partial charge in [0.1, 0.15) is 5.41 Å². The average molecular weight is 305 g/mol. The van der Waals surface area contributed by atoms with Gasteiger partial charge in [0.15, 0.2) is 0 Å². The Balaban J connectivity index is 3.89. The maximum absolute atomic E-state index is 12.0. The van der Waals surface area contributed by atoms with Crippen molar-refractivity contribution in [3.05, 3.63) is 0 Å². The van der Waals surface area contributed by atoms with Crippen LogP contribution in [0, 0.1) is 5.41 Å². The van der Waals surface area contributed by atoms with E-state index in [1.807, 2.05) is 0 Å². The highest BCUT2D eigenvalue weighted by Crippen LogP contribution is 2.31. The van der Waals surface area contributed by atoms with E-state index in [-0.39, 0.29) is 0 Å². The molecule has 0 heterocycles. The van der Waals surface area contributed by atoms with Crippen LogP contribution in [0.5, 0.6) is 0 Å². The van der Waals surface area contributed by atoms with Gasteiger partial charge in [-0.3, -0.25) is 9.59 Å². The lowest BCUT2D eigenvalue weighted by atomic mass is 9.84. The van der Waals surface area contributed by atoms with Gasteiger partial charge in [0.2, 0.25) is 5.24 Å². The molecule has 20 heavy (non-hydrogen) atoms. The van der Waals surface area contributed by atoms with Gasteiger partial charge in [0.25, 0.3) is 0 Å². The Bertz CT molecular complexity index is 285. The molecule has 0 rings (SSSR count). The molecule has 0 bridgehead atoms. The van der Waals surface area contributed by atoms with E-state index < -0.39 is 16.6 Å². The zero-order chi connectivity index (χ0) is 15.4. The number of carbonyl (C=O) groups excluding carboxylic acids is 2. The molecule has 0 unspecified atom stereocenters. The number of unbranched alkanes of at least 4 members (excludes halogenated alkanes) is 6. The van der Waals surface area contributed by atoms with Crippen LogP contribution in [0.3, 0.4) is 0 Å². The second-order valence-electron chi connectivity index (χ2n) is 5.32. The van der Waals surface area contributed by atoms with E-state index in [1.54, 1.807) is 13.8 Å². The van der Waals surface area contributed by atoms with Gasteiger partial charge in [-0.05, 0) is 30.9 Å². The molecule has 0 atom stereocenters. The van der Waals surface area contributed by atoms with Crippen LogP contribution in [0.15, 0.2) is 0 Å². The summed E-state index contributed by atoms with van der Waals surface area (Å²) in [5.74, 6) is -0.464. The fraction of sp³-hybridized carbons (Fsp3) is 0.875. The van der Waals surface area contributed by atoms with Crippen molar-refractivity contribution >= 4 is 22.8 Å². The van der Waals surface area contributed by atoms with E-state index in [1.165, 1.54) is 32.1 Å². The number of hydrogen-bond acceptors (Lipinski definition) is 3. The zero-order valence-corrected chi connectivity index (χ0v) is 13.9. The predicted octanol–water partition coefficient (Wildman–Crippen LogP) is 4.85. The molecule has 0 radical (unpaired) electrons. The highest BCUT2D eigenvalue weighted by Gasteiger charge is 2.43. The molecular formula is C16H29ClO3. The average Bonchev–Trinajstić information content (AvgIpc) is 2.43. The molecule has 0 saturated carbocycles. The fourth-order valence-electron chi connectivity index (χ4n) is 2.26. The predicted molar refractivity (Wildman–Crippen MR) is 82.8 cm³/mol. The van der Waals surface area contributed by atoms with E-state index >= 15 is 0 Å². The van der Waals surface area contributed by atoms with Crippen molar-refractivity contribution in [1.82, 2.24) is 0 Å². The summed E-state index contributed by atoms with van der Waals surface area (Å²) in [6, 6.07) is 0. The lowest BCUT2D eigenvalue weighted by Crippen LogP contribution is -2.37. The first-order valence-corrected chi connectivity index (χ1v) is 8.30. The lowest BCUT2D eigenvalue weighted by Gasteiger charge is -2.24. The normalized spacial score (nSPS) is 11.4. The molecule has 0 aromatic rings. The van der Waals surface area contributed by atoms with Crippen molar-refractivity contribution < 1.29 is 14.3 Å².